The fourth-order valence-corrected chi connectivity index (χ4v) is 8.52. The Morgan fingerprint density at radius 2 is 1.25 bits per heavy atom. The summed E-state index contributed by atoms with van der Waals surface area (Å²) in [6.07, 6.45) is 2.04. The van der Waals surface area contributed by atoms with Gasteiger partial charge in [-0.3, -0.25) is 0 Å². The van der Waals surface area contributed by atoms with Crippen LogP contribution in [-0.2, 0) is 37.3 Å². The van der Waals surface area contributed by atoms with E-state index in [9.17, 15) is 0 Å². The summed E-state index contributed by atoms with van der Waals surface area (Å²) in [6, 6.07) is 52.9. The van der Waals surface area contributed by atoms with Crippen LogP contribution in [0.1, 0.15) is 104 Å². The molecule has 63 heavy (non-hydrogen) atoms. The van der Waals surface area contributed by atoms with Crippen LogP contribution in [0.15, 0.2) is 134 Å². The molecule has 0 saturated heterocycles. The van der Waals surface area contributed by atoms with Crippen LogP contribution in [0, 0.1) is 18.8 Å². The third kappa shape index (κ3) is 8.45. The summed E-state index contributed by atoms with van der Waals surface area (Å²) >= 11 is 0. The molecule has 0 amide bonds. The Labute approximate surface area is 389 Å². The van der Waals surface area contributed by atoms with Gasteiger partial charge >= 0.3 is 0 Å². The summed E-state index contributed by atoms with van der Waals surface area (Å²) in [6.45, 7) is 27.0. The number of anilines is 4. The smallest absolute Gasteiger partial charge is 0.135 e. The second-order valence-corrected chi connectivity index (χ2v) is 20.2. The summed E-state index contributed by atoms with van der Waals surface area (Å²) in [4.78, 5) is 9.66. The molecule has 6 heteroatoms. The Hall–Kier alpha value is -5.64. The molecular weight excluding hydrogens is 952 g/mol. The van der Waals surface area contributed by atoms with Crippen LogP contribution in [0.3, 0.4) is 0 Å². The monoisotopic (exact) mass is 1010 g/mol. The van der Waals surface area contributed by atoms with Crippen molar-refractivity contribution in [2.75, 3.05) is 9.80 Å². The van der Waals surface area contributed by atoms with Gasteiger partial charge in [0.1, 0.15) is 5.82 Å². The van der Waals surface area contributed by atoms with E-state index in [2.05, 4.69) is 219 Å². The Kier molecular flexibility index (Phi) is 11.5. The zero-order chi connectivity index (χ0) is 43.7. The zero-order valence-electron chi connectivity index (χ0n) is 38.4. The number of nitrogens with zero attached hydrogens (tertiary/aromatic N) is 4. The number of hydrogen-bond acceptors (Lipinski definition) is 4. The first kappa shape index (κ1) is 44.0. The van der Waals surface area contributed by atoms with Gasteiger partial charge in [-0.25, -0.2) is 4.98 Å². The molecule has 0 N–H and O–H groups in total. The van der Waals surface area contributed by atoms with Crippen molar-refractivity contribution in [2.45, 2.75) is 98.3 Å². The molecule has 0 saturated carbocycles. The minimum Gasteiger partial charge on any atom is -0.509 e. The Morgan fingerprint density at radius 3 is 1.97 bits per heavy atom. The standard InChI is InChI=1S/C57H57N4O.Pt/c1-37(2)48-34-54(58-35-49(48)38-22-24-39(25-23-38)55(3,4)5)61-50-21-13-12-20-46(50)47-28-27-45(33-52(47)61)62-44-19-15-18-43(32-44)59-36-60(42-17-14-16-40(30-42)56(6,7)8)53-31-41(57(9,10)11)26-29-51(53)59;/h12-31,34-37H,1-11H3;/q-3;. The Balaban J connectivity index is 0.00000544. The number of para-hydroxylation sites is 1. The number of rotatable bonds is 7. The van der Waals surface area contributed by atoms with E-state index in [1.807, 2.05) is 24.4 Å². The second-order valence-electron chi connectivity index (χ2n) is 20.2. The predicted molar refractivity (Wildman–Crippen MR) is 260 cm³/mol. The normalized spacial score (nSPS) is 13.2. The first-order valence-electron chi connectivity index (χ1n) is 21.9. The van der Waals surface area contributed by atoms with Crippen LogP contribution >= 0.6 is 0 Å². The molecule has 0 fully saturated rings. The topological polar surface area (TPSA) is 33.5 Å². The van der Waals surface area contributed by atoms with Crippen molar-refractivity contribution in [2.24, 2.45) is 0 Å². The fourth-order valence-electron chi connectivity index (χ4n) is 8.52. The third-order valence-corrected chi connectivity index (χ3v) is 12.2. The molecule has 324 valence electrons. The number of benzene rings is 6. The summed E-state index contributed by atoms with van der Waals surface area (Å²) < 4.78 is 8.89. The van der Waals surface area contributed by atoms with Crippen LogP contribution < -0.4 is 14.5 Å². The maximum absolute atomic E-state index is 6.66. The Morgan fingerprint density at radius 1 is 0.587 bits per heavy atom. The van der Waals surface area contributed by atoms with Gasteiger partial charge in [-0.15, -0.1) is 48.1 Å². The van der Waals surface area contributed by atoms with Crippen molar-refractivity contribution in [3.05, 3.63) is 175 Å². The molecule has 1 aliphatic heterocycles. The van der Waals surface area contributed by atoms with E-state index in [1.54, 1.807) is 0 Å². The SMILES string of the molecule is CC(C)c1cc(-n2c3[c-]c(Oc4[c-]c(N5[CH-]N(c6cccc(C(C)(C)C)c6)c6cc(C(C)(C)C)ccc65)ccc4)ccc3c3ccccc32)ncc1-c1ccc(C(C)(C)C)cc1.[Pt]. The van der Waals surface area contributed by atoms with Crippen molar-refractivity contribution >= 4 is 44.6 Å². The van der Waals surface area contributed by atoms with Gasteiger partial charge in [0.2, 0.25) is 0 Å². The van der Waals surface area contributed by atoms with Crippen LogP contribution in [-0.4, -0.2) is 9.55 Å². The van der Waals surface area contributed by atoms with E-state index in [0.29, 0.717) is 11.5 Å². The molecule has 0 aliphatic carbocycles. The van der Waals surface area contributed by atoms with Crippen molar-refractivity contribution < 1.29 is 25.8 Å². The van der Waals surface area contributed by atoms with Crippen molar-refractivity contribution in [3.8, 4) is 28.4 Å². The molecule has 0 atom stereocenters. The number of ether oxygens (including phenoxy) is 1. The van der Waals surface area contributed by atoms with Gasteiger partial charge < -0.3 is 19.1 Å². The minimum absolute atomic E-state index is 0. The molecule has 0 spiro atoms. The van der Waals surface area contributed by atoms with Gasteiger partial charge in [-0.2, -0.15) is 12.1 Å². The van der Waals surface area contributed by atoms with Gasteiger partial charge in [-0.1, -0.05) is 142 Å². The number of aromatic nitrogens is 2. The zero-order valence-corrected chi connectivity index (χ0v) is 40.6. The van der Waals surface area contributed by atoms with Gasteiger partial charge in [-0.05, 0) is 91.8 Å². The van der Waals surface area contributed by atoms with Crippen molar-refractivity contribution in [3.63, 3.8) is 0 Å². The van der Waals surface area contributed by atoms with Crippen LogP contribution in [0.5, 0.6) is 11.5 Å². The van der Waals surface area contributed by atoms with Gasteiger partial charge in [0.25, 0.3) is 0 Å². The number of fused-ring (bicyclic) bond motifs is 4. The molecule has 8 aromatic rings. The summed E-state index contributed by atoms with van der Waals surface area (Å²) in [5, 5.41) is 2.23. The predicted octanol–water partition coefficient (Wildman–Crippen LogP) is 15.7. The molecule has 0 radical (unpaired) electrons. The van der Waals surface area contributed by atoms with Crippen LogP contribution in [0.25, 0.3) is 38.8 Å². The fraction of sp³-hybridized carbons (Fsp3) is 0.263. The number of pyridine rings is 1. The molecular formula is C57H57N4OPt-3. The average Bonchev–Trinajstić information content (AvgIpc) is 3.78. The Bertz CT molecular complexity index is 2960. The van der Waals surface area contributed by atoms with Crippen LogP contribution in [0.2, 0.25) is 0 Å². The molecule has 5 nitrogen and oxygen atoms in total. The summed E-state index contributed by atoms with van der Waals surface area (Å²) in [5.41, 5.74) is 13.8. The molecule has 2 aromatic heterocycles. The largest absolute Gasteiger partial charge is 0.509 e. The van der Waals surface area contributed by atoms with E-state index in [1.165, 1.54) is 27.8 Å². The van der Waals surface area contributed by atoms with E-state index in [4.69, 9.17) is 9.72 Å². The average molecular weight is 1010 g/mol. The maximum atomic E-state index is 6.66. The van der Waals surface area contributed by atoms with Gasteiger partial charge in [0, 0.05) is 66.9 Å². The van der Waals surface area contributed by atoms with Gasteiger partial charge in [0.05, 0.1) is 0 Å². The summed E-state index contributed by atoms with van der Waals surface area (Å²) in [5.74, 6) is 2.36. The molecule has 6 aromatic carbocycles. The molecule has 3 heterocycles. The van der Waals surface area contributed by atoms with Gasteiger partial charge in [0.15, 0.2) is 0 Å². The molecule has 1 aliphatic rings. The quantitative estimate of drug-likeness (QED) is 0.149. The van der Waals surface area contributed by atoms with E-state index in [0.717, 1.165) is 55.9 Å². The minimum atomic E-state index is -0.000282. The first-order valence-corrected chi connectivity index (χ1v) is 21.9. The third-order valence-electron chi connectivity index (χ3n) is 12.2. The first-order chi connectivity index (χ1) is 29.4. The molecule has 9 rings (SSSR count). The van der Waals surface area contributed by atoms with E-state index in [-0.39, 0.29) is 43.2 Å². The second kappa shape index (κ2) is 16.5. The van der Waals surface area contributed by atoms with Crippen LogP contribution in [0.4, 0.5) is 22.7 Å². The summed E-state index contributed by atoms with van der Waals surface area (Å²) in [7, 11) is 0. The van der Waals surface area contributed by atoms with Crippen molar-refractivity contribution in [1.29, 1.82) is 0 Å². The van der Waals surface area contributed by atoms with E-state index < -0.39 is 0 Å². The molecule has 0 bridgehead atoms. The maximum Gasteiger partial charge on any atom is 0.135 e. The van der Waals surface area contributed by atoms with E-state index >= 15 is 0 Å². The number of hydrogen-bond donors (Lipinski definition) is 0. The van der Waals surface area contributed by atoms with Crippen molar-refractivity contribution in [1.82, 2.24) is 9.55 Å². The molecule has 0 unspecified atom stereocenters.